The number of hydrogen-bond acceptors (Lipinski definition) is 4. The Labute approximate surface area is 122 Å². The van der Waals surface area contributed by atoms with Gasteiger partial charge in [-0.1, -0.05) is 30.3 Å². The molecule has 0 aliphatic heterocycles. The monoisotopic (exact) mass is 291 g/mol. The van der Waals surface area contributed by atoms with E-state index in [1.807, 2.05) is 30.3 Å². The molecule has 0 amide bonds. The van der Waals surface area contributed by atoms with Gasteiger partial charge in [-0.2, -0.15) is 0 Å². The van der Waals surface area contributed by atoms with Crippen LogP contribution in [0.1, 0.15) is 17.2 Å². The highest BCUT2D eigenvalue weighted by atomic mass is 19.1. The lowest BCUT2D eigenvalue weighted by Gasteiger charge is -2.15. The maximum absolute atomic E-state index is 14.0. The van der Waals surface area contributed by atoms with E-state index in [4.69, 9.17) is 15.2 Å². The number of halogens is 1. The van der Waals surface area contributed by atoms with Crippen molar-refractivity contribution >= 4 is 0 Å². The van der Waals surface area contributed by atoms with Gasteiger partial charge in [-0.3, -0.25) is 0 Å². The highest BCUT2D eigenvalue weighted by Gasteiger charge is 2.16. The third-order valence-electron chi connectivity index (χ3n) is 3.08. The SMILES string of the molecule is COc1c(F)cc(C(O)CN)cc1OCc1ccccc1. The molecule has 1 unspecified atom stereocenters. The van der Waals surface area contributed by atoms with Gasteiger partial charge in [-0.15, -0.1) is 0 Å². The quantitative estimate of drug-likeness (QED) is 0.858. The molecule has 0 saturated carbocycles. The molecule has 5 heteroatoms. The number of nitrogens with two attached hydrogens (primary N) is 1. The van der Waals surface area contributed by atoms with Crippen molar-refractivity contribution in [3.63, 3.8) is 0 Å². The van der Waals surface area contributed by atoms with E-state index in [9.17, 15) is 9.50 Å². The van der Waals surface area contributed by atoms with E-state index in [0.717, 1.165) is 5.56 Å². The van der Waals surface area contributed by atoms with E-state index in [2.05, 4.69) is 0 Å². The summed E-state index contributed by atoms with van der Waals surface area (Å²) < 4.78 is 24.6. The molecule has 0 spiro atoms. The Morgan fingerprint density at radius 3 is 2.57 bits per heavy atom. The van der Waals surface area contributed by atoms with Crippen molar-refractivity contribution in [3.8, 4) is 11.5 Å². The lowest BCUT2D eigenvalue weighted by molar-refractivity contribution is 0.184. The van der Waals surface area contributed by atoms with Crippen LogP contribution in [0.25, 0.3) is 0 Å². The number of aliphatic hydroxyl groups excluding tert-OH is 1. The van der Waals surface area contributed by atoms with Crippen LogP contribution in [0.15, 0.2) is 42.5 Å². The van der Waals surface area contributed by atoms with E-state index < -0.39 is 11.9 Å². The van der Waals surface area contributed by atoms with E-state index in [-0.39, 0.29) is 24.7 Å². The first-order valence-electron chi connectivity index (χ1n) is 6.58. The Morgan fingerprint density at radius 2 is 1.95 bits per heavy atom. The first kappa shape index (κ1) is 15.3. The Kier molecular flexibility index (Phi) is 5.14. The van der Waals surface area contributed by atoms with Crippen molar-refractivity contribution in [1.29, 1.82) is 0 Å². The first-order valence-corrected chi connectivity index (χ1v) is 6.58. The summed E-state index contributed by atoms with van der Waals surface area (Å²) in [5, 5.41) is 9.74. The van der Waals surface area contributed by atoms with Crippen LogP contribution in [0.4, 0.5) is 4.39 Å². The molecule has 0 radical (unpaired) electrons. The van der Waals surface area contributed by atoms with Crippen molar-refractivity contribution < 1.29 is 19.0 Å². The van der Waals surface area contributed by atoms with Crippen LogP contribution in [0.3, 0.4) is 0 Å². The molecule has 0 aliphatic rings. The molecule has 0 fully saturated rings. The first-order chi connectivity index (χ1) is 10.2. The standard InChI is InChI=1S/C16H18FNO3/c1-20-16-13(17)7-12(14(19)9-18)8-15(16)21-10-11-5-3-2-4-6-11/h2-8,14,19H,9-10,18H2,1H3. The highest BCUT2D eigenvalue weighted by Crippen LogP contribution is 2.34. The molecule has 0 aliphatic carbocycles. The fourth-order valence-electron chi connectivity index (χ4n) is 1.96. The Balaban J connectivity index is 2.25. The summed E-state index contributed by atoms with van der Waals surface area (Å²) in [6.45, 7) is 0.280. The third-order valence-corrected chi connectivity index (χ3v) is 3.08. The minimum absolute atomic E-state index is 0.00386. The fourth-order valence-corrected chi connectivity index (χ4v) is 1.96. The average Bonchev–Trinajstić information content (AvgIpc) is 2.52. The number of aliphatic hydroxyl groups is 1. The van der Waals surface area contributed by atoms with Crippen molar-refractivity contribution in [1.82, 2.24) is 0 Å². The Bertz CT molecular complexity index is 590. The highest BCUT2D eigenvalue weighted by molar-refractivity contribution is 5.45. The van der Waals surface area contributed by atoms with Gasteiger partial charge in [-0.25, -0.2) is 4.39 Å². The Morgan fingerprint density at radius 1 is 1.24 bits per heavy atom. The molecule has 0 saturated heterocycles. The summed E-state index contributed by atoms with van der Waals surface area (Å²) in [4.78, 5) is 0. The summed E-state index contributed by atoms with van der Waals surface area (Å²) in [5.41, 5.74) is 6.70. The fraction of sp³-hybridized carbons (Fsp3) is 0.250. The summed E-state index contributed by atoms with van der Waals surface area (Å²) in [6, 6.07) is 12.2. The lowest BCUT2D eigenvalue weighted by atomic mass is 10.1. The van der Waals surface area contributed by atoms with Crippen molar-refractivity contribution in [2.75, 3.05) is 13.7 Å². The third kappa shape index (κ3) is 3.71. The zero-order valence-corrected chi connectivity index (χ0v) is 11.8. The smallest absolute Gasteiger partial charge is 0.196 e. The van der Waals surface area contributed by atoms with Gasteiger partial charge in [0.25, 0.3) is 0 Å². The van der Waals surface area contributed by atoms with E-state index in [0.29, 0.717) is 5.56 Å². The number of hydrogen-bond donors (Lipinski definition) is 2. The normalized spacial score (nSPS) is 12.0. The molecule has 0 aromatic heterocycles. The molecule has 1 atom stereocenters. The molecule has 112 valence electrons. The molecular weight excluding hydrogens is 273 g/mol. The molecule has 0 heterocycles. The van der Waals surface area contributed by atoms with Crippen LogP contribution in [-0.2, 0) is 6.61 Å². The molecule has 2 aromatic rings. The van der Waals surface area contributed by atoms with Crippen LogP contribution in [-0.4, -0.2) is 18.8 Å². The molecule has 0 bridgehead atoms. The number of rotatable bonds is 6. The van der Waals surface area contributed by atoms with Gasteiger partial charge in [0.2, 0.25) is 0 Å². The van der Waals surface area contributed by atoms with Gasteiger partial charge in [0.05, 0.1) is 13.2 Å². The second kappa shape index (κ2) is 7.06. The van der Waals surface area contributed by atoms with E-state index >= 15 is 0 Å². The van der Waals surface area contributed by atoms with Gasteiger partial charge >= 0.3 is 0 Å². The molecule has 2 aromatic carbocycles. The maximum Gasteiger partial charge on any atom is 0.196 e. The van der Waals surface area contributed by atoms with Crippen molar-refractivity contribution in [2.45, 2.75) is 12.7 Å². The molecule has 2 rings (SSSR count). The van der Waals surface area contributed by atoms with Gasteiger partial charge < -0.3 is 20.3 Å². The maximum atomic E-state index is 14.0. The minimum Gasteiger partial charge on any atom is -0.490 e. The van der Waals surface area contributed by atoms with Crippen molar-refractivity contribution in [3.05, 3.63) is 59.4 Å². The van der Waals surface area contributed by atoms with Crippen LogP contribution in [0.5, 0.6) is 11.5 Å². The summed E-state index contributed by atoms with van der Waals surface area (Å²) in [7, 11) is 1.37. The van der Waals surface area contributed by atoms with E-state index in [1.165, 1.54) is 13.2 Å². The molecule has 4 nitrogen and oxygen atoms in total. The predicted molar refractivity (Wildman–Crippen MR) is 77.7 cm³/mol. The van der Waals surface area contributed by atoms with Crippen LogP contribution in [0, 0.1) is 5.82 Å². The Hall–Kier alpha value is -2.11. The molecular formula is C16H18FNO3. The lowest BCUT2D eigenvalue weighted by Crippen LogP contribution is -2.12. The van der Waals surface area contributed by atoms with Crippen LogP contribution >= 0.6 is 0 Å². The van der Waals surface area contributed by atoms with Crippen molar-refractivity contribution in [2.24, 2.45) is 5.73 Å². The van der Waals surface area contributed by atoms with Gasteiger partial charge in [0.1, 0.15) is 6.61 Å². The average molecular weight is 291 g/mol. The predicted octanol–water partition coefficient (Wildman–Crippen LogP) is 2.41. The number of ether oxygens (including phenoxy) is 2. The summed E-state index contributed by atoms with van der Waals surface area (Å²) >= 11 is 0. The second-order valence-electron chi connectivity index (χ2n) is 4.56. The van der Waals surface area contributed by atoms with Gasteiger partial charge in [0.15, 0.2) is 17.3 Å². The van der Waals surface area contributed by atoms with E-state index in [1.54, 1.807) is 6.07 Å². The van der Waals surface area contributed by atoms with Gasteiger partial charge in [-0.05, 0) is 23.3 Å². The summed E-state index contributed by atoms with van der Waals surface area (Å²) in [5.74, 6) is -0.340. The minimum atomic E-state index is -0.940. The van der Waals surface area contributed by atoms with Crippen LogP contribution in [0.2, 0.25) is 0 Å². The largest absolute Gasteiger partial charge is 0.490 e. The molecule has 21 heavy (non-hydrogen) atoms. The number of methoxy groups -OCH3 is 1. The second-order valence-corrected chi connectivity index (χ2v) is 4.56. The zero-order chi connectivity index (χ0) is 15.2. The number of benzene rings is 2. The zero-order valence-electron chi connectivity index (χ0n) is 11.8. The van der Waals surface area contributed by atoms with Crippen LogP contribution < -0.4 is 15.2 Å². The topological polar surface area (TPSA) is 64.7 Å². The summed E-state index contributed by atoms with van der Waals surface area (Å²) in [6.07, 6.45) is -0.940. The molecule has 3 N–H and O–H groups in total. The van der Waals surface area contributed by atoms with Gasteiger partial charge in [0, 0.05) is 6.54 Å².